The van der Waals surface area contributed by atoms with Gasteiger partial charge in [-0.2, -0.15) is 12.6 Å². The molecule has 0 aromatic carbocycles. The van der Waals surface area contributed by atoms with Gasteiger partial charge in [0.05, 0.1) is 0 Å². The highest BCUT2D eigenvalue weighted by atomic mass is 32.1. The molecule has 1 aliphatic heterocycles. The Hall–Kier alpha value is -1.37. The number of nitrogens with zero attached hydrogens (tertiary/aromatic N) is 1. The van der Waals surface area contributed by atoms with Crippen LogP contribution in [-0.4, -0.2) is 33.9 Å². The number of carbonyl (C=O) groups is 4. The third-order valence-electron chi connectivity index (χ3n) is 1.80. The lowest BCUT2D eigenvalue weighted by Gasteiger charge is -2.14. The lowest BCUT2D eigenvalue weighted by Crippen LogP contribution is -2.36. The van der Waals surface area contributed by atoms with Crippen LogP contribution in [-0.2, 0) is 24.0 Å². The molecule has 1 rings (SSSR count). The van der Waals surface area contributed by atoms with E-state index >= 15 is 0 Å². The summed E-state index contributed by atoms with van der Waals surface area (Å²) in [6, 6.07) is 0. The molecule has 6 nitrogen and oxygen atoms in total. The Labute approximate surface area is 90.9 Å². The van der Waals surface area contributed by atoms with Gasteiger partial charge >= 0.3 is 5.97 Å². The number of hydrogen-bond donors (Lipinski definition) is 1. The molecule has 0 aliphatic carbocycles. The predicted molar refractivity (Wildman–Crippen MR) is 50.6 cm³/mol. The van der Waals surface area contributed by atoms with E-state index in [1.165, 1.54) is 0 Å². The first kappa shape index (κ1) is 11.7. The number of thiol groups is 1. The van der Waals surface area contributed by atoms with Crippen LogP contribution < -0.4 is 0 Å². The maximum atomic E-state index is 11.2. The number of carbonyl (C=O) groups excluding carboxylic acids is 4. The van der Waals surface area contributed by atoms with Crippen molar-refractivity contribution in [2.45, 2.75) is 25.0 Å². The van der Waals surface area contributed by atoms with E-state index in [1.807, 2.05) is 0 Å². The maximum absolute atomic E-state index is 11.2. The Bertz CT molecular complexity index is 324. The molecule has 1 aliphatic rings. The van der Waals surface area contributed by atoms with Crippen molar-refractivity contribution in [1.82, 2.24) is 5.06 Å². The molecule has 82 valence electrons. The quantitative estimate of drug-likeness (QED) is 0.401. The fraction of sp³-hybridized carbons (Fsp3) is 0.500. The van der Waals surface area contributed by atoms with Crippen LogP contribution >= 0.6 is 12.6 Å². The second-order valence-electron chi connectivity index (χ2n) is 3.01. The molecule has 7 heteroatoms. The number of imide groups is 1. The average Bonchev–Trinajstić information content (AvgIpc) is 2.47. The molecule has 0 saturated carbocycles. The van der Waals surface area contributed by atoms with Crippen molar-refractivity contribution < 1.29 is 24.0 Å². The first-order valence-electron chi connectivity index (χ1n) is 4.19. The van der Waals surface area contributed by atoms with E-state index in [9.17, 15) is 19.2 Å². The van der Waals surface area contributed by atoms with Crippen molar-refractivity contribution in [1.29, 1.82) is 0 Å². The van der Waals surface area contributed by atoms with E-state index in [2.05, 4.69) is 17.5 Å². The molecular weight excluding hydrogens is 222 g/mol. The summed E-state index contributed by atoms with van der Waals surface area (Å²) < 4.78 is 0. The predicted octanol–water partition coefficient (Wildman–Crippen LogP) is -0.519. The van der Waals surface area contributed by atoms with Crippen LogP contribution in [0.2, 0.25) is 0 Å². The van der Waals surface area contributed by atoms with Gasteiger partial charge in [-0.3, -0.25) is 14.4 Å². The first-order valence-corrected chi connectivity index (χ1v) is 4.71. The van der Waals surface area contributed by atoms with E-state index in [0.717, 1.165) is 6.92 Å². The van der Waals surface area contributed by atoms with Crippen molar-refractivity contribution in [2.24, 2.45) is 0 Å². The van der Waals surface area contributed by atoms with Gasteiger partial charge in [-0.15, -0.1) is 5.06 Å². The van der Waals surface area contributed by atoms with Gasteiger partial charge in [-0.25, -0.2) is 4.79 Å². The van der Waals surface area contributed by atoms with Gasteiger partial charge in [0.2, 0.25) is 0 Å². The number of rotatable bonds is 3. The van der Waals surface area contributed by atoms with Gasteiger partial charge < -0.3 is 4.84 Å². The summed E-state index contributed by atoms with van der Waals surface area (Å²) >= 11 is 3.68. The SMILES string of the molecule is CC(=O)[C@H](S)C(=O)ON1C(=O)CCC1=O. The van der Waals surface area contributed by atoms with Gasteiger partial charge in [0.15, 0.2) is 11.0 Å². The Morgan fingerprint density at radius 3 is 2.20 bits per heavy atom. The van der Waals surface area contributed by atoms with Crippen molar-refractivity contribution in [3.8, 4) is 0 Å². The standard InChI is InChI=1S/C8H9NO5S/c1-4(10)7(15)8(13)14-9-5(11)2-3-6(9)12/h7,15H,2-3H2,1H3/t7-/m0/s1. The van der Waals surface area contributed by atoms with Gasteiger partial charge in [-0.1, -0.05) is 0 Å². The van der Waals surface area contributed by atoms with Crippen molar-refractivity contribution in [2.75, 3.05) is 0 Å². The summed E-state index contributed by atoms with van der Waals surface area (Å²) in [7, 11) is 0. The third-order valence-corrected chi connectivity index (χ3v) is 2.37. The molecule has 0 bridgehead atoms. The van der Waals surface area contributed by atoms with Crippen LogP contribution in [0.4, 0.5) is 0 Å². The van der Waals surface area contributed by atoms with E-state index in [1.54, 1.807) is 0 Å². The lowest BCUT2D eigenvalue weighted by molar-refractivity contribution is -0.197. The van der Waals surface area contributed by atoms with Crippen LogP contribution in [0.1, 0.15) is 19.8 Å². The number of ketones is 1. The molecule has 0 radical (unpaired) electrons. The van der Waals surface area contributed by atoms with Crippen LogP contribution in [0.15, 0.2) is 0 Å². The molecule has 2 amide bonds. The lowest BCUT2D eigenvalue weighted by atomic mass is 10.3. The maximum Gasteiger partial charge on any atom is 0.353 e. The third kappa shape index (κ3) is 2.56. The van der Waals surface area contributed by atoms with Crippen molar-refractivity contribution in [3.05, 3.63) is 0 Å². The second-order valence-corrected chi connectivity index (χ2v) is 3.52. The van der Waals surface area contributed by atoms with Crippen LogP contribution in [0.3, 0.4) is 0 Å². The minimum atomic E-state index is -1.27. The van der Waals surface area contributed by atoms with E-state index in [-0.39, 0.29) is 12.8 Å². The summed E-state index contributed by atoms with van der Waals surface area (Å²) in [5.74, 6) is -2.70. The number of amides is 2. The largest absolute Gasteiger partial charge is 0.353 e. The van der Waals surface area contributed by atoms with Gasteiger partial charge in [0, 0.05) is 12.8 Å². The smallest absolute Gasteiger partial charge is 0.329 e. The van der Waals surface area contributed by atoms with E-state index in [4.69, 9.17) is 0 Å². The molecule has 0 aromatic rings. The topological polar surface area (TPSA) is 80.8 Å². The summed E-state index contributed by atoms with van der Waals surface area (Å²) in [5, 5.41) is -0.889. The molecule has 0 N–H and O–H groups in total. The minimum Gasteiger partial charge on any atom is -0.329 e. The van der Waals surface area contributed by atoms with Crippen LogP contribution in [0.25, 0.3) is 0 Å². The Balaban J connectivity index is 2.62. The van der Waals surface area contributed by atoms with Gasteiger partial charge in [0.1, 0.15) is 0 Å². The summed E-state index contributed by atoms with van der Waals surface area (Å²) in [4.78, 5) is 48.4. The van der Waals surface area contributed by atoms with E-state index < -0.39 is 28.8 Å². The molecule has 15 heavy (non-hydrogen) atoms. The molecular formula is C8H9NO5S. The summed E-state index contributed by atoms with van der Waals surface area (Å²) in [6.45, 7) is 1.16. The molecule has 0 unspecified atom stereocenters. The highest BCUT2D eigenvalue weighted by molar-refractivity contribution is 7.82. The molecule has 1 saturated heterocycles. The number of hydroxylamine groups is 2. The summed E-state index contributed by atoms with van der Waals surface area (Å²) in [6.07, 6.45) is 0.0346. The molecule has 1 heterocycles. The Morgan fingerprint density at radius 1 is 1.33 bits per heavy atom. The van der Waals surface area contributed by atoms with Gasteiger partial charge in [0.25, 0.3) is 11.8 Å². The fourth-order valence-electron chi connectivity index (χ4n) is 0.964. The summed E-state index contributed by atoms with van der Waals surface area (Å²) in [5.41, 5.74) is 0. The normalized spacial score (nSPS) is 17.9. The zero-order chi connectivity index (χ0) is 11.6. The number of Topliss-reactive ketones (excluding diaryl/α,β-unsaturated/α-hetero) is 1. The zero-order valence-corrected chi connectivity index (χ0v) is 8.82. The fourth-order valence-corrected chi connectivity index (χ4v) is 1.01. The van der Waals surface area contributed by atoms with Crippen LogP contribution in [0, 0.1) is 0 Å². The highest BCUT2D eigenvalue weighted by Gasteiger charge is 2.34. The highest BCUT2D eigenvalue weighted by Crippen LogP contribution is 2.13. The van der Waals surface area contributed by atoms with Crippen molar-refractivity contribution >= 4 is 36.2 Å². The molecule has 0 aromatic heterocycles. The molecule has 1 atom stereocenters. The Morgan fingerprint density at radius 2 is 1.80 bits per heavy atom. The van der Waals surface area contributed by atoms with Gasteiger partial charge in [-0.05, 0) is 6.92 Å². The second kappa shape index (κ2) is 4.43. The first-order chi connectivity index (χ1) is 6.93. The molecule has 0 spiro atoms. The zero-order valence-electron chi connectivity index (χ0n) is 7.93. The number of hydrogen-bond acceptors (Lipinski definition) is 6. The van der Waals surface area contributed by atoms with E-state index in [0.29, 0.717) is 5.06 Å². The monoisotopic (exact) mass is 231 g/mol. The average molecular weight is 231 g/mol. The Kier molecular flexibility index (Phi) is 3.46. The molecule has 1 fully saturated rings. The minimum absolute atomic E-state index is 0.0173. The van der Waals surface area contributed by atoms with Crippen LogP contribution in [0.5, 0.6) is 0 Å². The van der Waals surface area contributed by atoms with Crippen molar-refractivity contribution in [3.63, 3.8) is 0 Å².